The molecule has 0 atom stereocenters. The molecule has 1 aliphatic heterocycles. The lowest BCUT2D eigenvalue weighted by atomic mass is 9.98. The molecule has 0 unspecified atom stereocenters. The Bertz CT molecular complexity index is 1080. The molecule has 0 aromatic heterocycles. The summed E-state index contributed by atoms with van der Waals surface area (Å²) in [5.41, 5.74) is 3.81. The van der Waals surface area contributed by atoms with E-state index in [4.69, 9.17) is 27.3 Å². The van der Waals surface area contributed by atoms with Gasteiger partial charge in [-0.2, -0.15) is 22.7 Å². The van der Waals surface area contributed by atoms with Gasteiger partial charge in [0.25, 0.3) is 0 Å². The van der Waals surface area contributed by atoms with Crippen molar-refractivity contribution in [2.75, 3.05) is 19.7 Å². The summed E-state index contributed by atoms with van der Waals surface area (Å²) >= 11 is 5.54. The predicted molar refractivity (Wildman–Crippen MR) is 106 cm³/mol. The molecule has 1 aromatic rings. The third-order valence-corrected chi connectivity index (χ3v) is 7.02. The first kappa shape index (κ1) is 25.6. The van der Waals surface area contributed by atoms with Crippen LogP contribution in [0.2, 0.25) is 5.02 Å². The van der Waals surface area contributed by atoms with E-state index >= 15 is 0 Å². The van der Waals surface area contributed by atoms with Crippen LogP contribution >= 0.6 is 11.6 Å². The summed E-state index contributed by atoms with van der Waals surface area (Å²) in [6, 6.07) is 3.95. The third kappa shape index (κ3) is 5.79. The maximum atomic E-state index is 13.0. The van der Waals surface area contributed by atoms with Crippen LogP contribution in [0.5, 0.6) is 0 Å². The maximum Gasteiger partial charge on any atom is 0.417 e. The average Bonchev–Trinajstić information content (AvgIpc) is 2.71. The monoisotopic (exact) mass is 493 g/mol. The topological polar surface area (TPSA) is 131 Å². The van der Waals surface area contributed by atoms with E-state index in [0.29, 0.717) is 6.07 Å². The molecule has 0 aliphatic carbocycles. The van der Waals surface area contributed by atoms with Crippen molar-refractivity contribution >= 4 is 33.4 Å². The van der Waals surface area contributed by atoms with Gasteiger partial charge in [0.05, 0.1) is 21.4 Å². The van der Waals surface area contributed by atoms with Crippen molar-refractivity contribution in [3.8, 4) is 6.07 Å². The third-order valence-electron chi connectivity index (χ3n) is 4.80. The van der Waals surface area contributed by atoms with E-state index in [-0.39, 0.29) is 37.2 Å². The zero-order chi connectivity index (χ0) is 24.3. The van der Waals surface area contributed by atoms with Gasteiger partial charge in [-0.05, 0) is 38.0 Å². The minimum absolute atomic E-state index is 0.0112. The highest BCUT2D eigenvalue weighted by atomic mass is 35.5. The summed E-state index contributed by atoms with van der Waals surface area (Å²) in [6.07, 6.45) is -4.73. The van der Waals surface area contributed by atoms with Crippen LogP contribution in [0.25, 0.3) is 0 Å². The Morgan fingerprint density at radius 1 is 1.31 bits per heavy atom. The van der Waals surface area contributed by atoms with Crippen LogP contribution in [0.3, 0.4) is 0 Å². The summed E-state index contributed by atoms with van der Waals surface area (Å²) in [6.45, 7) is 0.406. The molecule has 0 radical (unpaired) electrons. The first-order valence-electron chi connectivity index (χ1n) is 9.22. The molecule has 8 nitrogen and oxygen atoms in total. The highest BCUT2D eigenvalue weighted by Crippen LogP contribution is 2.36. The number of piperidine rings is 1. The van der Waals surface area contributed by atoms with E-state index in [9.17, 15) is 31.2 Å². The standard InChI is InChI=1S/C19H19ClF3N3O5S/c1-11(25)14(9-24)17(27)10-31-18(28)12-4-6-26(7-5-12)32(29,30)13-2-3-16(20)15(8-13)19(21,22)23/h2-3,8,12H,4-7,10,25H2,1H3/b14-11-. The molecule has 0 saturated carbocycles. The molecule has 0 spiro atoms. The number of allylic oxidation sites excluding steroid dienone is 1. The van der Waals surface area contributed by atoms with Gasteiger partial charge in [0.2, 0.25) is 15.8 Å². The number of benzene rings is 1. The number of nitrogens with zero attached hydrogens (tertiary/aromatic N) is 2. The number of sulfonamides is 1. The Hall–Kier alpha value is -2.62. The lowest BCUT2D eigenvalue weighted by Gasteiger charge is -2.30. The molecule has 1 fully saturated rings. The van der Waals surface area contributed by atoms with E-state index in [1.54, 1.807) is 6.07 Å². The van der Waals surface area contributed by atoms with Crippen LogP contribution in [0.1, 0.15) is 25.3 Å². The molecule has 2 N–H and O–H groups in total. The number of ether oxygens (including phenoxy) is 1. The second kappa shape index (κ2) is 9.89. The zero-order valence-electron chi connectivity index (χ0n) is 16.8. The fraction of sp³-hybridized carbons (Fsp3) is 0.421. The van der Waals surface area contributed by atoms with Crippen molar-refractivity contribution < 1.29 is 35.9 Å². The van der Waals surface area contributed by atoms with Crippen LogP contribution in [-0.4, -0.2) is 44.2 Å². The van der Waals surface area contributed by atoms with Crippen molar-refractivity contribution in [3.63, 3.8) is 0 Å². The van der Waals surface area contributed by atoms with Crippen LogP contribution in [0.15, 0.2) is 34.4 Å². The van der Waals surface area contributed by atoms with Gasteiger partial charge in [-0.1, -0.05) is 11.6 Å². The number of halogens is 4. The molecule has 1 aliphatic rings. The average molecular weight is 494 g/mol. The highest BCUT2D eigenvalue weighted by Gasteiger charge is 2.37. The van der Waals surface area contributed by atoms with E-state index in [2.05, 4.69) is 0 Å². The SMILES string of the molecule is C/C(N)=C(\C#N)C(=O)COC(=O)C1CCN(S(=O)(=O)c2ccc(Cl)c(C(F)(F)F)c2)CC1. The Kier molecular flexibility index (Phi) is 7.92. The zero-order valence-corrected chi connectivity index (χ0v) is 18.4. The van der Waals surface area contributed by atoms with Crippen LogP contribution in [0.4, 0.5) is 13.2 Å². The van der Waals surface area contributed by atoms with Crippen molar-refractivity contribution in [1.29, 1.82) is 5.26 Å². The van der Waals surface area contributed by atoms with Crippen LogP contribution in [0, 0.1) is 17.2 Å². The number of hydrogen-bond acceptors (Lipinski definition) is 7. The minimum Gasteiger partial charge on any atom is -0.457 e. The molecule has 32 heavy (non-hydrogen) atoms. The van der Waals surface area contributed by atoms with E-state index < -0.39 is 56.0 Å². The van der Waals surface area contributed by atoms with Crippen molar-refractivity contribution in [2.24, 2.45) is 11.7 Å². The number of alkyl halides is 3. The first-order valence-corrected chi connectivity index (χ1v) is 11.0. The number of hydrogen-bond donors (Lipinski definition) is 1. The summed E-state index contributed by atoms with van der Waals surface area (Å²) in [4.78, 5) is 23.5. The van der Waals surface area contributed by atoms with Crippen molar-refractivity contribution in [1.82, 2.24) is 4.31 Å². The van der Waals surface area contributed by atoms with Gasteiger partial charge in [0.15, 0.2) is 6.61 Å². The quantitative estimate of drug-likeness (QED) is 0.366. The summed E-state index contributed by atoms with van der Waals surface area (Å²) in [7, 11) is -4.25. The number of esters is 1. The summed E-state index contributed by atoms with van der Waals surface area (Å²) in [5.74, 6) is -2.21. The van der Waals surface area contributed by atoms with Gasteiger partial charge < -0.3 is 10.5 Å². The van der Waals surface area contributed by atoms with E-state index in [0.717, 1.165) is 16.4 Å². The smallest absolute Gasteiger partial charge is 0.417 e. The van der Waals surface area contributed by atoms with E-state index in [1.807, 2.05) is 0 Å². The predicted octanol–water partition coefficient (Wildman–Crippen LogP) is 2.63. The van der Waals surface area contributed by atoms with Crippen LogP contribution in [-0.2, 0) is 30.5 Å². The Balaban J connectivity index is 2.03. The van der Waals surface area contributed by atoms with E-state index in [1.165, 1.54) is 6.92 Å². The number of carbonyl (C=O) groups is 2. The molecule has 0 amide bonds. The number of nitrogens with two attached hydrogens (primary N) is 1. The Morgan fingerprint density at radius 3 is 2.41 bits per heavy atom. The molecule has 1 saturated heterocycles. The maximum absolute atomic E-state index is 13.0. The molecule has 0 bridgehead atoms. The van der Waals surface area contributed by atoms with Crippen molar-refractivity contribution in [3.05, 3.63) is 40.1 Å². The fourth-order valence-electron chi connectivity index (χ4n) is 3.06. The van der Waals surface area contributed by atoms with Gasteiger partial charge in [-0.15, -0.1) is 0 Å². The largest absolute Gasteiger partial charge is 0.457 e. The normalized spacial score (nSPS) is 16.8. The lowest BCUT2D eigenvalue weighted by molar-refractivity contribution is -0.152. The number of ketones is 1. The molecule has 1 aromatic carbocycles. The molecule has 13 heteroatoms. The summed E-state index contributed by atoms with van der Waals surface area (Å²) in [5, 5.41) is 8.26. The van der Waals surface area contributed by atoms with Gasteiger partial charge in [-0.25, -0.2) is 8.42 Å². The number of Topliss-reactive ketones (excluding diaryl/α,β-unsaturated/α-hetero) is 1. The number of carbonyl (C=O) groups excluding carboxylic acids is 2. The highest BCUT2D eigenvalue weighted by molar-refractivity contribution is 7.89. The van der Waals surface area contributed by atoms with Crippen LogP contribution < -0.4 is 5.73 Å². The van der Waals surface area contributed by atoms with Gasteiger partial charge >= 0.3 is 12.1 Å². The van der Waals surface area contributed by atoms with Gasteiger partial charge in [0.1, 0.15) is 11.6 Å². The number of nitriles is 1. The van der Waals surface area contributed by atoms with Gasteiger partial charge in [-0.3, -0.25) is 9.59 Å². The lowest BCUT2D eigenvalue weighted by Crippen LogP contribution is -2.40. The first-order chi connectivity index (χ1) is 14.8. The molecule has 1 heterocycles. The second-order valence-corrected chi connectivity index (χ2v) is 9.36. The molecule has 174 valence electrons. The summed E-state index contributed by atoms with van der Waals surface area (Å²) < 4.78 is 70.5. The molecular formula is C19H19ClF3N3O5S. The number of rotatable bonds is 6. The molecular weight excluding hydrogens is 475 g/mol. The molecule has 2 rings (SSSR count). The van der Waals surface area contributed by atoms with Crippen molar-refractivity contribution in [2.45, 2.75) is 30.8 Å². The second-order valence-electron chi connectivity index (χ2n) is 7.02. The minimum atomic E-state index is -4.82. The van der Waals surface area contributed by atoms with Gasteiger partial charge in [0, 0.05) is 18.8 Å². The Labute approximate surface area is 187 Å². The fourth-order valence-corrected chi connectivity index (χ4v) is 4.78. The Morgan fingerprint density at radius 2 is 1.91 bits per heavy atom.